The number of rotatable bonds is 1. The lowest BCUT2D eigenvalue weighted by molar-refractivity contribution is 0.461. The molecule has 0 bridgehead atoms. The molecule has 0 aliphatic carbocycles. The zero-order chi connectivity index (χ0) is 12.7. The highest BCUT2D eigenvalue weighted by molar-refractivity contribution is 5.81. The van der Waals surface area contributed by atoms with Crippen LogP contribution in [0.25, 0.3) is 22.4 Å². The average molecular weight is 244 g/mol. The molecule has 0 atom stereocenters. The number of phenols is 2. The second-order valence-corrected chi connectivity index (χ2v) is 3.92. The third-order valence-corrected chi connectivity index (χ3v) is 2.70. The number of hydrogen-bond acceptors (Lipinski definition) is 3. The molecule has 0 amide bonds. The predicted molar refractivity (Wildman–Crippen MR) is 64.8 cm³/mol. The van der Waals surface area contributed by atoms with E-state index in [-0.39, 0.29) is 17.0 Å². The second-order valence-electron chi connectivity index (χ2n) is 3.92. The first-order chi connectivity index (χ1) is 8.65. The molecule has 2 aromatic carbocycles. The SMILES string of the molecule is Oc1ccc(O)c(-c2nc3c(F)cccc3[nH]2)c1. The number of hydrogen-bond donors (Lipinski definition) is 3. The van der Waals surface area contributed by atoms with Gasteiger partial charge in [-0.2, -0.15) is 0 Å². The molecule has 1 heterocycles. The first-order valence-electron chi connectivity index (χ1n) is 5.32. The van der Waals surface area contributed by atoms with Crippen molar-refractivity contribution in [3.63, 3.8) is 0 Å². The minimum atomic E-state index is -0.436. The molecule has 1 aromatic heterocycles. The molecule has 5 heteroatoms. The molecule has 18 heavy (non-hydrogen) atoms. The zero-order valence-electron chi connectivity index (χ0n) is 9.18. The molecule has 0 aliphatic heterocycles. The lowest BCUT2D eigenvalue weighted by Gasteiger charge is -2.01. The summed E-state index contributed by atoms with van der Waals surface area (Å²) in [5, 5.41) is 19.1. The minimum absolute atomic E-state index is 0.00345. The number of aromatic nitrogens is 2. The number of nitrogens with one attached hydrogen (secondary N) is 1. The number of nitrogens with zero attached hydrogens (tertiary/aromatic N) is 1. The number of para-hydroxylation sites is 1. The van der Waals surface area contributed by atoms with Gasteiger partial charge in [-0.05, 0) is 30.3 Å². The maximum Gasteiger partial charge on any atom is 0.151 e. The Bertz CT molecular complexity index is 737. The predicted octanol–water partition coefficient (Wildman–Crippen LogP) is 2.78. The first kappa shape index (κ1) is 10.6. The molecule has 4 nitrogen and oxygen atoms in total. The number of aromatic amines is 1. The smallest absolute Gasteiger partial charge is 0.151 e. The fourth-order valence-corrected chi connectivity index (χ4v) is 1.84. The van der Waals surface area contributed by atoms with Gasteiger partial charge in [0.05, 0.1) is 11.1 Å². The second kappa shape index (κ2) is 3.73. The van der Waals surface area contributed by atoms with E-state index in [1.54, 1.807) is 12.1 Å². The lowest BCUT2D eigenvalue weighted by atomic mass is 10.2. The summed E-state index contributed by atoms with van der Waals surface area (Å²) in [7, 11) is 0. The van der Waals surface area contributed by atoms with E-state index >= 15 is 0 Å². The number of phenolic OH excluding ortho intramolecular Hbond substituents is 2. The van der Waals surface area contributed by atoms with E-state index in [9.17, 15) is 14.6 Å². The Morgan fingerprint density at radius 3 is 2.72 bits per heavy atom. The third kappa shape index (κ3) is 1.57. The van der Waals surface area contributed by atoms with Gasteiger partial charge in [-0.3, -0.25) is 0 Å². The van der Waals surface area contributed by atoms with Gasteiger partial charge in [0.15, 0.2) is 5.82 Å². The van der Waals surface area contributed by atoms with E-state index in [2.05, 4.69) is 9.97 Å². The van der Waals surface area contributed by atoms with Crippen LogP contribution in [0.5, 0.6) is 11.5 Å². The highest BCUT2D eigenvalue weighted by Crippen LogP contribution is 2.31. The summed E-state index contributed by atoms with van der Waals surface area (Å²) in [6.45, 7) is 0. The first-order valence-corrected chi connectivity index (χ1v) is 5.32. The molecule has 0 saturated heterocycles. The van der Waals surface area contributed by atoms with E-state index in [0.29, 0.717) is 16.9 Å². The standard InChI is InChI=1S/C13H9FN2O2/c14-9-2-1-3-10-12(9)16-13(15-10)8-6-7(17)4-5-11(8)18/h1-6,17-18H,(H,15,16). The van der Waals surface area contributed by atoms with Crippen molar-refractivity contribution < 1.29 is 14.6 Å². The van der Waals surface area contributed by atoms with E-state index in [1.165, 1.54) is 24.3 Å². The van der Waals surface area contributed by atoms with Gasteiger partial charge in [-0.15, -0.1) is 0 Å². The van der Waals surface area contributed by atoms with Gasteiger partial charge in [0.25, 0.3) is 0 Å². The van der Waals surface area contributed by atoms with Crippen molar-refractivity contribution in [3.8, 4) is 22.9 Å². The number of fused-ring (bicyclic) bond motifs is 1. The zero-order valence-corrected chi connectivity index (χ0v) is 9.18. The van der Waals surface area contributed by atoms with Gasteiger partial charge in [0.2, 0.25) is 0 Å². The van der Waals surface area contributed by atoms with Gasteiger partial charge >= 0.3 is 0 Å². The van der Waals surface area contributed by atoms with Crippen LogP contribution in [0, 0.1) is 5.82 Å². The van der Waals surface area contributed by atoms with Crippen LogP contribution in [0.1, 0.15) is 0 Å². The molecule has 0 aliphatic rings. The lowest BCUT2D eigenvalue weighted by Crippen LogP contribution is -1.81. The van der Waals surface area contributed by atoms with E-state index in [1.807, 2.05) is 0 Å². The Kier molecular flexibility index (Phi) is 2.19. The van der Waals surface area contributed by atoms with Crippen molar-refractivity contribution in [3.05, 3.63) is 42.2 Å². The molecule has 0 saturated carbocycles. The monoisotopic (exact) mass is 244 g/mol. The molecule has 3 aromatic rings. The van der Waals surface area contributed by atoms with Gasteiger partial charge in [0, 0.05) is 0 Å². The van der Waals surface area contributed by atoms with Crippen LogP contribution in [0.3, 0.4) is 0 Å². The molecule has 0 unspecified atom stereocenters. The van der Waals surface area contributed by atoms with Crippen molar-refractivity contribution in [1.82, 2.24) is 9.97 Å². The summed E-state index contributed by atoms with van der Waals surface area (Å²) >= 11 is 0. The summed E-state index contributed by atoms with van der Waals surface area (Å²) in [5.41, 5.74) is 1.06. The molecule has 3 rings (SSSR count). The van der Waals surface area contributed by atoms with Crippen LogP contribution >= 0.6 is 0 Å². The Morgan fingerprint density at radius 2 is 1.94 bits per heavy atom. The number of aromatic hydroxyl groups is 2. The maximum absolute atomic E-state index is 13.5. The van der Waals surface area contributed by atoms with Crippen molar-refractivity contribution in [2.75, 3.05) is 0 Å². The number of imidazole rings is 1. The summed E-state index contributed by atoms with van der Waals surface area (Å²) in [5.74, 6) is -0.158. The van der Waals surface area contributed by atoms with Crippen LogP contribution in [0.15, 0.2) is 36.4 Å². The van der Waals surface area contributed by atoms with Gasteiger partial charge in [0.1, 0.15) is 22.8 Å². The maximum atomic E-state index is 13.5. The van der Waals surface area contributed by atoms with E-state index in [4.69, 9.17) is 0 Å². The van der Waals surface area contributed by atoms with Gasteiger partial charge in [-0.1, -0.05) is 6.07 Å². The molecule has 0 radical (unpaired) electrons. The van der Waals surface area contributed by atoms with Crippen molar-refractivity contribution >= 4 is 11.0 Å². The fraction of sp³-hybridized carbons (Fsp3) is 0. The van der Waals surface area contributed by atoms with Crippen molar-refractivity contribution in [2.45, 2.75) is 0 Å². The Labute approximate surface area is 101 Å². The van der Waals surface area contributed by atoms with Crippen LogP contribution in [-0.4, -0.2) is 20.2 Å². The number of benzene rings is 2. The van der Waals surface area contributed by atoms with Crippen LogP contribution in [0.4, 0.5) is 4.39 Å². The van der Waals surface area contributed by atoms with Gasteiger partial charge in [-0.25, -0.2) is 9.37 Å². The summed E-state index contributed by atoms with van der Waals surface area (Å²) in [4.78, 5) is 6.98. The summed E-state index contributed by atoms with van der Waals surface area (Å²) in [6.07, 6.45) is 0. The molecule has 0 fully saturated rings. The summed E-state index contributed by atoms with van der Waals surface area (Å²) in [6, 6.07) is 8.66. The fourth-order valence-electron chi connectivity index (χ4n) is 1.84. The highest BCUT2D eigenvalue weighted by atomic mass is 19.1. The Morgan fingerprint density at radius 1 is 1.11 bits per heavy atom. The Balaban J connectivity index is 2.26. The van der Waals surface area contributed by atoms with Crippen molar-refractivity contribution in [2.24, 2.45) is 0 Å². The molecule has 0 spiro atoms. The van der Waals surface area contributed by atoms with Crippen LogP contribution < -0.4 is 0 Å². The number of H-pyrrole nitrogens is 1. The molecule has 90 valence electrons. The summed E-state index contributed by atoms with van der Waals surface area (Å²) < 4.78 is 13.5. The molecular weight excluding hydrogens is 235 g/mol. The minimum Gasteiger partial charge on any atom is -0.508 e. The van der Waals surface area contributed by atoms with Crippen LogP contribution in [-0.2, 0) is 0 Å². The quantitative estimate of drug-likeness (QED) is 0.576. The van der Waals surface area contributed by atoms with Crippen LogP contribution in [0.2, 0.25) is 0 Å². The van der Waals surface area contributed by atoms with Gasteiger partial charge < -0.3 is 15.2 Å². The van der Waals surface area contributed by atoms with Crippen molar-refractivity contribution in [1.29, 1.82) is 0 Å². The largest absolute Gasteiger partial charge is 0.508 e. The normalized spacial score (nSPS) is 10.9. The molecule has 3 N–H and O–H groups in total. The average Bonchev–Trinajstić information content (AvgIpc) is 2.77. The highest BCUT2D eigenvalue weighted by Gasteiger charge is 2.12. The number of halogens is 1. The van der Waals surface area contributed by atoms with E-state index in [0.717, 1.165) is 0 Å². The topological polar surface area (TPSA) is 69.1 Å². The molecular formula is C13H9FN2O2. The van der Waals surface area contributed by atoms with E-state index < -0.39 is 5.82 Å². The Hall–Kier alpha value is -2.56. The third-order valence-electron chi connectivity index (χ3n) is 2.70.